The Kier molecular flexibility index (Phi) is 8.25. The van der Waals surface area contributed by atoms with Crippen LogP contribution in [-0.2, 0) is 9.53 Å². The van der Waals surface area contributed by atoms with Gasteiger partial charge >= 0.3 is 5.97 Å². The summed E-state index contributed by atoms with van der Waals surface area (Å²) >= 11 is 0. The van der Waals surface area contributed by atoms with Gasteiger partial charge in [-0.15, -0.1) is 0 Å². The van der Waals surface area contributed by atoms with E-state index >= 15 is 0 Å². The summed E-state index contributed by atoms with van der Waals surface area (Å²) in [6.07, 6.45) is 19.9. The van der Waals surface area contributed by atoms with Gasteiger partial charge in [-0.2, -0.15) is 0 Å². The normalized spacial score (nSPS) is 40.2. The minimum absolute atomic E-state index is 0.0256. The molecule has 2 nitrogen and oxygen atoms in total. The standard InChI is InChI=1S/C32H54O2/c1-7-8-12-30(33)34-25-17-19-31(5)24(21-25)13-14-26-28-16-15-27(23(4)11-9-10-22(2)3)32(28,6)20-18-29(26)31/h13,22-23,25-29H,7-12,14-21H2,1-6H3/t23-,25+,26+,27-,28+,29+,31+,32-/m1/s1. The van der Waals surface area contributed by atoms with Crippen LogP contribution in [0.15, 0.2) is 11.6 Å². The molecule has 0 aromatic carbocycles. The van der Waals surface area contributed by atoms with Crippen molar-refractivity contribution in [2.45, 2.75) is 138 Å². The van der Waals surface area contributed by atoms with Gasteiger partial charge in [0.2, 0.25) is 0 Å². The lowest BCUT2D eigenvalue weighted by Crippen LogP contribution is -2.51. The molecule has 3 saturated carbocycles. The van der Waals surface area contributed by atoms with Crippen molar-refractivity contribution in [3.05, 3.63) is 11.6 Å². The molecule has 8 atom stereocenters. The third-order valence-corrected chi connectivity index (χ3v) is 11.3. The molecule has 0 aliphatic heterocycles. The van der Waals surface area contributed by atoms with E-state index in [4.69, 9.17) is 4.74 Å². The zero-order chi connectivity index (χ0) is 24.5. The van der Waals surface area contributed by atoms with Crippen molar-refractivity contribution in [3.63, 3.8) is 0 Å². The van der Waals surface area contributed by atoms with Crippen molar-refractivity contribution in [1.82, 2.24) is 0 Å². The van der Waals surface area contributed by atoms with Gasteiger partial charge in [0, 0.05) is 12.8 Å². The first kappa shape index (κ1) is 26.3. The molecule has 0 spiro atoms. The number of allylic oxidation sites excluding steroid dienone is 1. The lowest BCUT2D eigenvalue weighted by molar-refractivity contribution is -0.151. The summed E-state index contributed by atoms with van der Waals surface area (Å²) in [6, 6.07) is 0. The lowest BCUT2D eigenvalue weighted by Gasteiger charge is -2.58. The van der Waals surface area contributed by atoms with Crippen molar-refractivity contribution in [2.75, 3.05) is 0 Å². The summed E-state index contributed by atoms with van der Waals surface area (Å²) in [6.45, 7) is 14.7. The summed E-state index contributed by atoms with van der Waals surface area (Å²) in [4.78, 5) is 12.2. The molecular weight excluding hydrogens is 416 g/mol. The van der Waals surface area contributed by atoms with Crippen molar-refractivity contribution >= 4 is 5.97 Å². The maximum atomic E-state index is 12.2. The zero-order valence-corrected chi connectivity index (χ0v) is 23.3. The van der Waals surface area contributed by atoms with Gasteiger partial charge in [0.25, 0.3) is 0 Å². The van der Waals surface area contributed by atoms with E-state index < -0.39 is 0 Å². The number of hydrogen-bond acceptors (Lipinski definition) is 2. The molecule has 4 rings (SSSR count). The monoisotopic (exact) mass is 470 g/mol. The van der Waals surface area contributed by atoms with Crippen molar-refractivity contribution in [1.29, 1.82) is 0 Å². The van der Waals surface area contributed by atoms with Crippen LogP contribution < -0.4 is 0 Å². The summed E-state index contributed by atoms with van der Waals surface area (Å²) < 4.78 is 5.92. The highest BCUT2D eigenvalue weighted by molar-refractivity contribution is 5.69. The van der Waals surface area contributed by atoms with E-state index in [1.54, 1.807) is 5.57 Å². The van der Waals surface area contributed by atoms with Crippen LogP contribution in [0.4, 0.5) is 0 Å². The molecule has 0 unspecified atom stereocenters. The first-order valence-corrected chi connectivity index (χ1v) is 15.1. The molecule has 4 aliphatic rings. The van der Waals surface area contributed by atoms with Crippen LogP contribution in [-0.4, -0.2) is 12.1 Å². The minimum atomic E-state index is 0.0256. The maximum Gasteiger partial charge on any atom is 0.306 e. The largest absolute Gasteiger partial charge is 0.462 e. The van der Waals surface area contributed by atoms with Crippen molar-refractivity contribution in [2.24, 2.45) is 46.3 Å². The summed E-state index contributed by atoms with van der Waals surface area (Å²) in [5.41, 5.74) is 2.54. The Morgan fingerprint density at radius 2 is 1.82 bits per heavy atom. The SMILES string of the molecule is CCCCC(=O)O[C@H]1CC[C@@]2(C)C(=CC[C@H]3[C@@H]4CC[C@H]([C@H](C)CCCC(C)C)[C@@]4(C)CC[C@@H]32)C1. The second-order valence-corrected chi connectivity index (χ2v) is 13.7. The van der Waals surface area contributed by atoms with E-state index in [1.165, 1.54) is 57.8 Å². The molecule has 0 N–H and O–H groups in total. The molecular formula is C32H54O2. The predicted molar refractivity (Wildman–Crippen MR) is 142 cm³/mol. The molecule has 0 aromatic heterocycles. The highest BCUT2D eigenvalue weighted by atomic mass is 16.5. The fraction of sp³-hybridized carbons (Fsp3) is 0.906. The number of rotatable bonds is 9. The van der Waals surface area contributed by atoms with Gasteiger partial charge in [0.1, 0.15) is 6.10 Å². The second kappa shape index (κ2) is 10.7. The Hall–Kier alpha value is -0.790. The quantitative estimate of drug-likeness (QED) is 0.248. The van der Waals surface area contributed by atoms with Crippen molar-refractivity contribution in [3.8, 4) is 0 Å². The highest BCUT2D eigenvalue weighted by Gasteiger charge is 2.59. The fourth-order valence-corrected chi connectivity index (χ4v) is 9.32. The van der Waals surface area contributed by atoms with Crippen LogP contribution >= 0.6 is 0 Å². The minimum Gasteiger partial charge on any atom is -0.462 e. The topological polar surface area (TPSA) is 26.3 Å². The molecule has 0 bridgehead atoms. The van der Waals surface area contributed by atoms with Gasteiger partial charge in [-0.25, -0.2) is 0 Å². The molecule has 3 fully saturated rings. The van der Waals surface area contributed by atoms with Crippen LogP contribution in [0.5, 0.6) is 0 Å². The van der Waals surface area contributed by atoms with E-state index in [0.717, 1.165) is 61.2 Å². The number of carbonyl (C=O) groups is 1. The van der Waals surface area contributed by atoms with Gasteiger partial charge in [-0.3, -0.25) is 4.79 Å². The third-order valence-electron chi connectivity index (χ3n) is 11.3. The van der Waals surface area contributed by atoms with Crippen LogP contribution in [0.2, 0.25) is 0 Å². The average Bonchev–Trinajstić information content (AvgIpc) is 3.15. The van der Waals surface area contributed by atoms with Crippen LogP contribution in [0.25, 0.3) is 0 Å². The number of fused-ring (bicyclic) bond motifs is 5. The average molecular weight is 471 g/mol. The fourth-order valence-electron chi connectivity index (χ4n) is 9.32. The number of unbranched alkanes of at least 4 members (excludes halogenated alkanes) is 1. The summed E-state index contributed by atoms with van der Waals surface area (Å²) in [5, 5.41) is 0. The van der Waals surface area contributed by atoms with E-state index in [-0.39, 0.29) is 12.1 Å². The van der Waals surface area contributed by atoms with Crippen LogP contribution in [0, 0.1) is 46.3 Å². The second-order valence-electron chi connectivity index (χ2n) is 13.7. The van der Waals surface area contributed by atoms with E-state index in [9.17, 15) is 4.79 Å². The molecule has 2 heteroatoms. The molecule has 4 aliphatic carbocycles. The van der Waals surface area contributed by atoms with E-state index in [1.807, 2.05) is 0 Å². The molecule has 0 radical (unpaired) electrons. The van der Waals surface area contributed by atoms with Gasteiger partial charge in [0.05, 0.1) is 0 Å². The van der Waals surface area contributed by atoms with Gasteiger partial charge in [-0.05, 0) is 97.7 Å². The Bertz CT molecular complexity index is 737. The summed E-state index contributed by atoms with van der Waals surface area (Å²) in [7, 11) is 0. The van der Waals surface area contributed by atoms with Crippen molar-refractivity contribution < 1.29 is 9.53 Å². The first-order valence-electron chi connectivity index (χ1n) is 15.1. The third kappa shape index (κ3) is 5.04. The maximum absolute atomic E-state index is 12.2. The first-order chi connectivity index (χ1) is 16.2. The van der Waals surface area contributed by atoms with E-state index in [0.29, 0.717) is 17.3 Å². The highest BCUT2D eigenvalue weighted by Crippen LogP contribution is 2.67. The number of ether oxygens (including phenoxy) is 1. The molecule has 194 valence electrons. The molecule has 0 aromatic rings. The van der Waals surface area contributed by atoms with Gasteiger partial charge in [0.15, 0.2) is 0 Å². The van der Waals surface area contributed by atoms with E-state index in [2.05, 4.69) is 47.6 Å². The molecule has 0 heterocycles. The van der Waals surface area contributed by atoms with Crippen LogP contribution in [0.1, 0.15) is 131 Å². The van der Waals surface area contributed by atoms with Gasteiger partial charge in [-0.1, -0.05) is 78.9 Å². The van der Waals surface area contributed by atoms with Gasteiger partial charge < -0.3 is 4.74 Å². The summed E-state index contributed by atoms with van der Waals surface area (Å²) in [5.74, 6) is 5.32. The Morgan fingerprint density at radius 3 is 2.56 bits per heavy atom. The predicted octanol–water partition coefficient (Wildman–Crippen LogP) is 9.13. The number of carbonyl (C=O) groups excluding carboxylic acids is 1. The number of hydrogen-bond donors (Lipinski definition) is 0. The Labute approximate surface area is 211 Å². The lowest BCUT2D eigenvalue weighted by atomic mass is 9.47. The molecule has 0 amide bonds. The smallest absolute Gasteiger partial charge is 0.306 e. The Morgan fingerprint density at radius 1 is 1.03 bits per heavy atom. The Balaban J connectivity index is 1.41. The molecule has 0 saturated heterocycles. The molecule has 34 heavy (non-hydrogen) atoms. The zero-order valence-electron chi connectivity index (χ0n) is 23.3. The number of esters is 1. The van der Waals surface area contributed by atoms with Crippen LogP contribution in [0.3, 0.4) is 0 Å².